The van der Waals surface area contributed by atoms with Crippen LogP contribution in [0, 0.1) is 17.8 Å². The predicted octanol–water partition coefficient (Wildman–Crippen LogP) is 2.73. The van der Waals surface area contributed by atoms with E-state index in [4.69, 9.17) is 9.47 Å². The minimum atomic E-state index is -1.17. The average molecular weight is 536 g/mol. The summed E-state index contributed by atoms with van der Waals surface area (Å²) in [4.78, 5) is 43.1. The second-order valence-corrected chi connectivity index (χ2v) is 11.1. The van der Waals surface area contributed by atoms with Crippen molar-refractivity contribution < 1.29 is 29.0 Å². The normalized spacial score (nSPS) is 31.6. The highest BCUT2D eigenvalue weighted by molar-refractivity contribution is 6.02. The molecule has 3 aliphatic rings. The lowest BCUT2D eigenvalue weighted by molar-refractivity contribution is -0.149. The van der Waals surface area contributed by atoms with Crippen LogP contribution >= 0.6 is 0 Å². The summed E-state index contributed by atoms with van der Waals surface area (Å²) in [5.41, 5.74) is -0.589. The van der Waals surface area contributed by atoms with Gasteiger partial charge in [0.25, 0.3) is 0 Å². The van der Waals surface area contributed by atoms with E-state index in [1.54, 1.807) is 31.2 Å². The van der Waals surface area contributed by atoms with Crippen LogP contribution in [0.15, 0.2) is 54.6 Å². The number of fused-ring (bicyclic) bond motifs is 1. The number of rotatable bonds is 9. The number of likely N-dealkylation sites (tertiary alicyclic amines) is 1. The molecule has 2 bridgehead atoms. The topological polar surface area (TPSA) is 117 Å². The molecule has 3 unspecified atom stereocenters. The number of hydrogen-bond donors (Lipinski definition) is 3. The molecule has 1 spiro atoms. The molecule has 2 aromatic rings. The predicted molar refractivity (Wildman–Crippen MR) is 145 cm³/mol. The number of anilines is 1. The van der Waals surface area contributed by atoms with Gasteiger partial charge in [0.2, 0.25) is 17.7 Å². The van der Waals surface area contributed by atoms with Gasteiger partial charge >= 0.3 is 0 Å². The van der Waals surface area contributed by atoms with Gasteiger partial charge in [-0.25, -0.2) is 0 Å². The lowest BCUT2D eigenvalue weighted by atomic mass is 9.62. The van der Waals surface area contributed by atoms with Crippen molar-refractivity contribution in [2.24, 2.45) is 17.8 Å². The Labute approximate surface area is 228 Å². The van der Waals surface area contributed by atoms with Crippen molar-refractivity contribution in [1.82, 2.24) is 10.2 Å². The monoisotopic (exact) mass is 535 g/mol. The number of nitrogens with zero attached hydrogens (tertiary/aromatic N) is 1. The highest BCUT2D eigenvalue weighted by Gasteiger charge is 2.80. The average Bonchev–Trinajstić information content (AvgIpc) is 3.45. The van der Waals surface area contributed by atoms with E-state index in [2.05, 4.69) is 10.6 Å². The molecule has 7 atom stereocenters. The molecule has 3 aliphatic heterocycles. The van der Waals surface area contributed by atoms with Crippen LogP contribution in [0.3, 0.4) is 0 Å². The van der Waals surface area contributed by atoms with Crippen molar-refractivity contribution in [3.05, 3.63) is 60.2 Å². The molecule has 208 valence electrons. The molecule has 0 radical (unpaired) electrons. The first-order valence-electron chi connectivity index (χ1n) is 13.6. The molecule has 3 N–H and O–H groups in total. The molecule has 3 saturated heterocycles. The van der Waals surface area contributed by atoms with Crippen LogP contribution in [0.2, 0.25) is 0 Å². The van der Waals surface area contributed by atoms with E-state index in [9.17, 15) is 19.5 Å². The molecule has 0 saturated carbocycles. The Kier molecular flexibility index (Phi) is 7.15. The van der Waals surface area contributed by atoms with E-state index in [-0.39, 0.29) is 30.2 Å². The summed E-state index contributed by atoms with van der Waals surface area (Å²) in [5.74, 6) is -2.04. The van der Waals surface area contributed by atoms with E-state index in [1.165, 1.54) is 4.90 Å². The number of benzene rings is 2. The van der Waals surface area contributed by atoms with Crippen molar-refractivity contribution in [1.29, 1.82) is 0 Å². The van der Waals surface area contributed by atoms with Crippen molar-refractivity contribution in [2.45, 2.75) is 63.9 Å². The highest BCUT2D eigenvalue weighted by Crippen LogP contribution is 2.65. The Morgan fingerprint density at radius 1 is 1.15 bits per heavy atom. The van der Waals surface area contributed by atoms with E-state index < -0.39 is 35.1 Å². The Balaban J connectivity index is 1.46. The van der Waals surface area contributed by atoms with Gasteiger partial charge in [0, 0.05) is 12.2 Å². The number of nitrogens with one attached hydrogen (secondary N) is 2. The molecule has 3 amide bonds. The fourth-order valence-electron chi connectivity index (χ4n) is 6.84. The Morgan fingerprint density at radius 2 is 1.85 bits per heavy atom. The van der Waals surface area contributed by atoms with Gasteiger partial charge in [0.15, 0.2) is 0 Å². The third-order valence-electron chi connectivity index (χ3n) is 8.76. The second kappa shape index (κ2) is 10.3. The molecule has 5 rings (SSSR count). The summed E-state index contributed by atoms with van der Waals surface area (Å²) >= 11 is 0. The minimum Gasteiger partial charge on any atom is -0.494 e. The van der Waals surface area contributed by atoms with Crippen molar-refractivity contribution in [3.63, 3.8) is 0 Å². The Bertz CT molecular complexity index is 1240. The molecule has 2 aromatic carbocycles. The molecule has 9 nitrogen and oxygen atoms in total. The third-order valence-corrected chi connectivity index (χ3v) is 8.76. The number of carbonyl (C=O) groups excluding carboxylic acids is 3. The lowest BCUT2D eigenvalue weighted by Crippen LogP contribution is -2.57. The number of aliphatic hydroxyl groups is 1. The molecule has 3 fully saturated rings. The number of ether oxygens (including phenoxy) is 2. The third kappa shape index (κ3) is 4.37. The first-order chi connectivity index (χ1) is 18.7. The Hall–Kier alpha value is -3.43. The Morgan fingerprint density at radius 3 is 2.49 bits per heavy atom. The van der Waals surface area contributed by atoms with Gasteiger partial charge in [0.05, 0.1) is 36.7 Å². The largest absolute Gasteiger partial charge is 0.494 e. The van der Waals surface area contributed by atoms with Gasteiger partial charge < -0.3 is 30.1 Å². The first kappa shape index (κ1) is 27.1. The summed E-state index contributed by atoms with van der Waals surface area (Å²) in [6, 6.07) is 15.0. The van der Waals surface area contributed by atoms with Gasteiger partial charge in [-0.05, 0) is 62.9 Å². The molecule has 3 heterocycles. The smallest absolute Gasteiger partial charge is 0.246 e. The van der Waals surface area contributed by atoms with E-state index >= 15 is 0 Å². The summed E-state index contributed by atoms with van der Waals surface area (Å²) < 4.78 is 12.2. The van der Waals surface area contributed by atoms with Crippen LogP contribution in [0.1, 0.15) is 39.7 Å². The quantitative estimate of drug-likeness (QED) is 0.455. The zero-order valence-electron chi connectivity index (χ0n) is 22.8. The number of carbonyl (C=O) groups is 3. The zero-order valence-corrected chi connectivity index (χ0v) is 22.8. The summed E-state index contributed by atoms with van der Waals surface area (Å²) in [6.07, 6.45) is 0.463. The first-order valence-corrected chi connectivity index (χ1v) is 13.6. The van der Waals surface area contributed by atoms with E-state index in [0.717, 1.165) is 5.56 Å². The van der Waals surface area contributed by atoms with Crippen molar-refractivity contribution in [2.75, 3.05) is 18.5 Å². The van der Waals surface area contributed by atoms with Gasteiger partial charge in [-0.3, -0.25) is 14.4 Å². The van der Waals surface area contributed by atoms with Crippen LogP contribution < -0.4 is 15.4 Å². The van der Waals surface area contributed by atoms with Crippen LogP contribution in [-0.4, -0.2) is 64.2 Å². The lowest BCUT2D eigenvalue weighted by Gasteiger charge is -2.36. The summed E-state index contributed by atoms with van der Waals surface area (Å²) in [6.45, 7) is 8.00. The summed E-state index contributed by atoms with van der Waals surface area (Å²) in [5, 5.41) is 16.0. The number of aliphatic hydroxyl groups excluding tert-OH is 1. The molecule has 0 aliphatic carbocycles. The van der Waals surface area contributed by atoms with Gasteiger partial charge in [-0.15, -0.1) is 0 Å². The molecule has 9 heteroatoms. The molecular formula is C30H37N3O6. The van der Waals surface area contributed by atoms with Crippen LogP contribution in [-0.2, 0) is 25.7 Å². The van der Waals surface area contributed by atoms with Crippen LogP contribution in [0.5, 0.6) is 5.75 Å². The highest BCUT2D eigenvalue weighted by atomic mass is 16.5. The van der Waals surface area contributed by atoms with Gasteiger partial charge in [-0.2, -0.15) is 0 Å². The molecule has 0 aromatic heterocycles. The number of hydrogen-bond acceptors (Lipinski definition) is 6. The second-order valence-electron chi connectivity index (χ2n) is 11.1. The molecule has 39 heavy (non-hydrogen) atoms. The standard InChI is InChI=1S/C30H37N3O6/c1-5-38-22-13-11-21(12-14-22)32-26(35)23-24-28(37)33(19(3)17-34)25(30(24)15-18(2)29(23,4)39-30)27(36)31-16-20-9-7-6-8-10-20/h6-14,18-19,23-25,34H,5,15-17H2,1-4H3,(H,31,36)(H,32,35)/t18?,19-,23-,24+,25?,29+,30?/m1/s1. The SMILES string of the molecule is CCOc1ccc(NC(=O)[C@H]2[C@H]3C(=O)N([C@H](C)CO)C(C(=O)NCc4ccccc4)C34CC(C)[C@]2(C)O4)cc1. The van der Waals surface area contributed by atoms with Crippen LogP contribution in [0.4, 0.5) is 5.69 Å². The van der Waals surface area contributed by atoms with Crippen molar-refractivity contribution >= 4 is 23.4 Å². The molecular weight excluding hydrogens is 498 g/mol. The maximum Gasteiger partial charge on any atom is 0.246 e. The van der Waals surface area contributed by atoms with Crippen molar-refractivity contribution in [3.8, 4) is 5.75 Å². The zero-order chi connectivity index (χ0) is 27.9. The van der Waals surface area contributed by atoms with Crippen LogP contribution in [0.25, 0.3) is 0 Å². The fourth-order valence-corrected chi connectivity index (χ4v) is 6.84. The van der Waals surface area contributed by atoms with E-state index in [1.807, 2.05) is 51.1 Å². The minimum absolute atomic E-state index is 0.0774. The fraction of sp³-hybridized carbons (Fsp3) is 0.500. The van der Waals surface area contributed by atoms with Gasteiger partial charge in [-0.1, -0.05) is 37.3 Å². The number of amides is 3. The van der Waals surface area contributed by atoms with Gasteiger partial charge in [0.1, 0.15) is 17.4 Å². The summed E-state index contributed by atoms with van der Waals surface area (Å²) in [7, 11) is 0. The van der Waals surface area contributed by atoms with E-state index in [0.29, 0.717) is 31.0 Å². The maximum absolute atomic E-state index is 14.1. The maximum atomic E-state index is 14.1.